The largest absolute Gasteiger partial charge is 0.349 e. The van der Waals surface area contributed by atoms with Gasteiger partial charge in [-0.2, -0.15) is 0 Å². The highest BCUT2D eigenvalue weighted by Crippen LogP contribution is 2.29. The Morgan fingerprint density at radius 2 is 1.89 bits per heavy atom. The molecule has 0 bridgehead atoms. The Hall–Kier alpha value is -1.16. The summed E-state index contributed by atoms with van der Waals surface area (Å²) in [5.74, 6) is 0.385. The average molecular weight is 277 g/mol. The van der Waals surface area contributed by atoms with Gasteiger partial charge in [-0.25, -0.2) is 0 Å². The molecule has 1 saturated carbocycles. The lowest BCUT2D eigenvalue weighted by Gasteiger charge is -2.21. The first-order valence-corrected chi connectivity index (χ1v) is 7.98. The summed E-state index contributed by atoms with van der Waals surface area (Å²) in [6, 6.07) is 2.26. The van der Waals surface area contributed by atoms with Crippen molar-refractivity contribution in [3.05, 3.63) is 21.4 Å². The SMILES string of the molecule is O=C1CCC(NC(=O)c2cc3c(s2)CCCC3)CC1. The lowest BCUT2D eigenvalue weighted by atomic mass is 9.94. The molecule has 102 valence electrons. The summed E-state index contributed by atoms with van der Waals surface area (Å²) < 4.78 is 0. The van der Waals surface area contributed by atoms with Crippen LogP contribution in [0, 0.1) is 0 Å². The van der Waals surface area contributed by atoms with Crippen LogP contribution in [0.5, 0.6) is 0 Å². The van der Waals surface area contributed by atoms with E-state index < -0.39 is 0 Å². The number of hydrogen-bond acceptors (Lipinski definition) is 3. The molecule has 0 unspecified atom stereocenters. The van der Waals surface area contributed by atoms with Crippen LogP contribution in [0.2, 0.25) is 0 Å². The van der Waals surface area contributed by atoms with Gasteiger partial charge in [-0.15, -0.1) is 11.3 Å². The predicted octanol–water partition coefficient (Wildman–Crippen LogP) is 2.87. The van der Waals surface area contributed by atoms with E-state index >= 15 is 0 Å². The van der Waals surface area contributed by atoms with Crippen molar-refractivity contribution in [2.75, 3.05) is 0 Å². The first-order chi connectivity index (χ1) is 9.22. The molecular weight excluding hydrogens is 258 g/mol. The molecule has 0 aliphatic heterocycles. The first kappa shape index (κ1) is 12.9. The topological polar surface area (TPSA) is 46.2 Å². The number of hydrogen-bond donors (Lipinski definition) is 1. The van der Waals surface area contributed by atoms with Crippen molar-refractivity contribution < 1.29 is 9.59 Å². The third-order valence-corrected chi connectivity index (χ3v) is 5.33. The van der Waals surface area contributed by atoms with Crippen LogP contribution in [0.3, 0.4) is 0 Å². The van der Waals surface area contributed by atoms with Crippen molar-refractivity contribution in [3.8, 4) is 0 Å². The number of ketones is 1. The highest BCUT2D eigenvalue weighted by molar-refractivity contribution is 7.14. The van der Waals surface area contributed by atoms with E-state index in [2.05, 4.69) is 11.4 Å². The molecule has 1 heterocycles. The van der Waals surface area contributed by atoms with Gasteiger partial charge in [0.15, 0.2) is 0 Å². The number of aryl methyl sites for hydroxylation is 2. The quantitative estimate of drug-likeness (QED) is 0.903. The van der Waals surface area contributed by atoms with Gasteiger partial charge in [0.1, 0.15) is 5.78 Å². The minimum Gasteiger partial charge on any atom is -0.349 e. The van der Waals surface area contributed by atoms with Crippen LogP contribution in [-0.2, 0) is 17.6 Å². The molecule has 2 aliphatic rings. The number of thiophene rings is 1. The summed E-state index contributed by atoms with van der Waals surface area (Å²) in [5.41, 5.74) is 1.38. The Morgan fingerprint density at radius 3 is 2.63 bits per heavy atom. The molecule has 1 N–H and O–H groups in total. The Morgan fingerprint density at radius 1 is 1.16 bits per heavy atom. The molecule has 2 aliphatic carbocycles. The minimum absolute atomic E-state index is 0.0544. The smallest absolute Gasteiger partial charge is 0.261 e. The molecule has 1 aromatic rings. The highest BCUT2D eigenvalue weighted by Gasteiger charge is 2.22. The maximum Gasteiger partial charge on any atom is 0.261 e. The molecule has 1 fully saturated rings. The minimum atomic E-state index is 0.0544. The van der Waals surface area contributed by atoms with Gasteiger partial charge in [0, 0.05) is 23.8 Å². The summed E-state index contributed by atoms with van der Waals surface area (Å²) in [5, 5.41) is 3.08. The third kappa shape index (κ3) is 2.89. The summed E-state index contributed by atoms with van der Waals surface area (Å²) in [6.45, 7) is 0. The molecule has 0 atom stereocenters. The van der Waals surface area contributed by atoms with Crippen molar-refractivity contribution >= 4 is 23.0 Å². The zero-order valence-corrected chi connectivity index (χ0v) is 11.9. The van der Waals surface area contributed by atoms with E-state index in [-0.39, 0.29) is 11.9 Å². The van der Waals surface area contributed by atoms with E-state index in [0.717, 1.165) is 30.6 Å². The van der Waals surface area contributed by atoms with Crippen molar-refractivity contribution in [3.63, 3.8) is 0 Å². The summed E-state index contributed by atoms with van der Waals surface area (Å²) >= 11 is 1.65. The zero-order valence-electron chi connectivity index (χ0n) is 11.0. The second-order valence-corrected chi connectivity index (χ2v) is 6.69. The van der Waals surface area contributed by atoms with Crippen molar-refractivity contribution in [1.82, 2.24) is 5.32 Å². The molecule has 3 rings (SSSR count). The molecule has 0 saturated heterocycles. The number of nitrogens with one attached hydrogen (secondary N) is 1. The maximum atomic E-state index is 12.2. The number of carbonyl (C=O) groups is 2. The third-order valence-electron chi connectivity index (χ3n) is 4.10. The van der Waals surface area contributed by atoms with Crippen molar-refractivity contribution in [1.29, 1.82) is 0 Å². The van der Waals surface area contributed by atoms with E-state index in [4.69, 9.17) is 0 Å². The molecule has 1 aromatic heterocycles. The van der Waals surface area contributed by atoms with Gasteiger partial charge in [0.25, 0.3) is 5.91 Å². The first-order valence-electron chi connectivity index (χ1n) is 7.16. The fourth-order valence-electron chi connectivity index (χ4n) is 2.94. The van der Waals surface area contributed by atoms with Crippen molar-refractivity contribution in [2.45, 2.75) is 57.4 Å². The Balaban J connectivity index is 1.63. The lowest BCUT2D eigenvalue weighted by molar-refractivity contribution is -0.120. The van der Waals surface area contributed by atoms with Crippen LogP contribution in [0.15, 0.2) is 6.07 Å². The van der Waals surface area contributed by atoms with Gasteiger partial charge in [-0.05, 0) is 50.2 Å². The van der Waals surface area contributed by atoms with Gasteiger partial charge in [0.05, 0.1) is 4.88 Å². The average Bonchev–Trinajstić information content (AvgIpc) is 2.85. The summed E-state index contributed by atoms with van der Waals surface area (Å²) in [4.78, 5) is 25.7. The van der Waals surface area contributed by atoms with Gasteiger partial charge in [-0.1, -0.05) is 0 Å². The fourth-order valence-corrected chi connectivity index (χ4v) is 4.10. The van der Waals surface area contributed by atoms with Gasteiger partial charge in [-0.3, -0.25) is 9.59 Å². The number of amides is 1. The van der Waals surface area contributed by atoms with E-state index in [1.54, 1.807) is 11.3 Å². The molecule has 4 heteroatoms. The van der Waals surface area contributed by atoms with Crippen molar-refractivity contribution in [2.24, 2.45) is 0 Å². The molecule has 19 heavy (non-hydrogen) atoms. The van der Waals surface area contributed by atoms with E-state index in [0.29, 0.717) is 18.6 Å². The van der Waals surface area contributed by atoms with Gasteiger partial charge in [0.2, 0.25) is 0 Å². The van der Waals surface area contributed by atoms with Crippen LogP contribution < -0.4 is 5.32 Å². The second kappa shape index (κ2) is 5.45. The normalized spacial score (nSPS) is 20.1. The Kier molecular flexibility index (Phi) is 3.69. The Labute approximate surface area is 117 Å². The van der Waals surface area contributed by atoms with Crippen LogP contribution in [0.25, 0.3) is 0 Å². The van der Waals surface area contributed by atoms with Crippen LogP contribution >= 0.6 is 11.3 Å². The van der Waals surface area contributed by atoms with Gasteiger partial charge >= 0.3 is 0 Å². The van der Waals surface area contributed by atoms with Gasteiger partial charge < -0.3 is 5.32 Å². The number of carbonyl (C=O) groups excluding carboxylic acids is 2. The number of rotatable bonds is 2. The van der Waals surface area contributed by atoms with E-state index in [9.17, 15) is 9.59 Å². The predicted molar refractivity (Wildman–Crippen MR) is 75.7 cm³/mol. The molecule has 1 amide bonds. The monoisotopic (exact) mass is 277 g/mol. The summed E-state index contributed by atoms with van der Waals surface area (Å²) in [7, 11) is 0. The maximum absolute atomic E-state index is 12.2. The molecule has 0 spiro atoms. The molecule has 0 radical (unpaired) electrons. The van der Waals surface area contributed by atoms with Crippen LogP contribution in [-0.4, -0.2) is 17.7 Å². The lowest BCUT2D eigenvalue weighted by Crippen LogP contribution is -2.37. The zero-order chi connectivity index (χ0) is 13.2. The van der Waals surface area contributed by atoms with Crippen LogP contribution in [0.1, 0.15) is 58.6 Å². The highest BCUT2D eigenvalue weighted by atomic mass is 32.1. The standard InChI is InChI=1S/C15H19NO2S/c17-12-7-5-11(6-8-12)16-15(18)14-9-10-3-1-2-4-13(10)19-14/h9,11H,1-8H2,(H,16,18). The Bertz CT molecular complexity index is 473. The summed E-state index contributed by atoms with van der Waals surface area (Å²) in [6.07, 6.45) is 7.58. The molecule has 3 nitrogen and oxygen atoms in total. The van der Waals surface area contributed by atoms with E-state index in [1.807, 2.05) is 0 Å². The van der Waals surface area contributed by atoms with Crippen LogP contribution in [0.4, 0.5) is 0 Å². The second-order valence-electron chi connectivity index (χ2n) is 5.55. The number of fused-ring (bicyclic) bond motifs is 1. The molecule has 0 aromatic carbocycles. The number of Topliss-reactive ketones (excluding diaryl/α,β-unsaturated/α-hetero) is 1. The van der Waals surface area contributed by atoms with E-state index in [1.165, 1.54) is 23.3 Å². The molecular formula is C15H19NO2S. The fraction of sp³-hybridized carbons (Fsp3) is 0.600.